The lowest BCUT2D eigenvalue weighted by Crippen LogP contribution is -2.58. The number of unbranched alkanes of at least 4 members (excludes halogenated alkanes) is 1. The van der Waals surface area contributed by atoms with Crippen molar-refractivity contribution >= 4 is 5.97 Å². The van der Waals surface area contributed by atoms with Crippen molar-refractivity contribution in [2.24, 2.45) is 5.92 Å². The van der Waals surface area contributed by atoms with E-state index in [1.807, 2.05) is 6.92 Å². The molecule has 1 rings (SSSR count). The highest BCUT2D eigenvalue weighted by atomic mass is 16.7. The quantitative estimate of drug-likeness (QED) is 0.527. The fraction of sp³-hybridized carbons (Fsp3) is 0.941. The van der Waals surface area contributed by atoms with Gasteiger partial charge in [-0.3, -0.25) is 9.63 Å². The molecule has 4 heteroatoms. The van der Waals surface area contributed by atoms with Gasteiger partial charge in [0.1, 0.15) is 0 Å². The number of ether oxygens (including phenoxy) is 1. The zero-order valence-corrected chi connectivity index (χ0v) is 14.7. The topological polar surface area (TPSA) is 38.8 Å². The van der Waals surface area contributed by atoms with Crippen LogP contribution in [0.15, 0.2) is 0 Å². The van der Waals surface area contributed by atoms with Crippen molar-refractivity contribution in [3.8, 4) is 0 Å². The van der Waals surface area contributed by atoms with E-state index in [1.54, 1.807) is 0 Å². The molecule has 1 saturated heterocycles. The zero-order chi connectivity index (χ0) is 16.1. The highest BCUT2D eigenvalue weighted by molar-refractivity contribution is 5.72. The van der Waals surface area contributed by atoms with E-state index in [-0.39, 0.29) is 23.0 Å². The Morgan fingerprint density at radius 1 is 1.19 bits per heavy atom. The van der Waals surface area contributed by atoms with Crippen molar-refractivity contribution in [3.05, 3.63) is 0 Å². The number of hydrogen-bond donors (Lipinski definition) is 0. The summed E-state index contributed by atoms with van der Waals surface area (Å²) in [6.45, 7) is 13.7. The molecule has 1 unspecified atom stereocenters. The monoisotopic (exact) mass is 299 g/mol. The molecule has 0 N–H and O–H groups in total. The third kappa shape index (κ3) is 5.26. The van der Waals surface area contributed by atoms with Gasteiger partial charge < -0.3 is 4.74 Å². The molecule has 1 aliphatic rings. The van der Waals surface area contributed by atoms with Gasteiger partial charge in [-0.1, -0.05) is 13.3 Å². The Labute approximate surface area is 130 Å². The maximum atomic E-state index is 11.9. The van der Waals surface area contributed by atoms with Crippen molar-refractivity contribution in [1.29, 1.82) is 0 Å². The first-order valence-corrected chi connectivity index (χ1v) is 8.30. The van der Waals surface area contributed by atoms with Crippen molar-refractivity contribution in [2.75, 3.05) is 13.2 Å². The number of nitrogens with zero attached hydrogens (tertiary/aromatic N) is 1. The molecule has 0 aromatic heterocycles. The van der Waals surface area contributed by atoms with Gasteiger partial charge in [-0.15, -0.1) is 0 Å². The van der Waals surface area contributed by atoms with Gasteiger partial charge in [0, 0.05) is 11.1 Å². The molecule has 0 saturated carbocycles. The molecular formula is C17H33NO3. The second-order valence-corrected chi connectivity index (χ2v) is 7.49. The normalized spacial score (nSPS) is 22.8. The summed E-state index contributed by atoms with van der Waals surface area (Å²) in [6.07, 6.45) is 5.41. The molecule has 4 nitrogen and oxygen atoms in total. The van der Waals surface area contributed by atoms with Gasteiger partial charge >= 0.3 is 5.97 Å². The van der Waals surface area contributed by atoms with Crippen molar-refractivity contribution in [1.82, 2.24) is 5.06 Å². The first kappa shape index (κ1) is 18.4. The van der Waals surface area contributed by atoms with Crippen LogP contribution in [0, 0.1) is 5.92 Å². The van der Waals surface area contributed by atoms with Crippen LogP contribution in [0.1, 0.15) is 73.6 Å². The van der Waals surface area contributed by atoms with E-state index in [4.69, 9.17) is 9.57 Å². The highest BCUT2D eigenvalue weighted by Crippen LogP contribution is 2.38. The summed E-state index contributed by atoms with van der Waals surface area (Å²) < 4.78 is 5.25. The number of carbonyl (C=O) groups excluding carboxylic acids is 1. The Bertz CT molecular complexity index is 323. The van der Waals surface area contributed by atoms with Gasteiger partial charge in [0.05, 0.1) is 19.1 Å². The Morgan fingerprint density at radius 3 is 2.29 bits per heavy atom. The van der Waals surface area contributed by atoms with Crippen LogP contribution in [0.25, 0.3) is 0 Å². The predicted octanol–water partition coefficient (Wildman–Crippen LogP) is 3.94. The molecule has 21 heavy (non-hydrogen) atoms. The summed E-state index contributed by atoms with van der Waals surface area (Å²) in [5, 5.41) is 2.10. The molecular weight excluding hydrogens is 266 g/mol. The molecule has 0 aliphatic carbocycles. The first-order chi connectivity index (χ1) is 9.70. The van der Waals surface area contributed by atoms with E-state index in [0.717, 1.165) is 25.7 Å². The maximum Gasteiger partial charge on any atom is 0.311 e. The molecule has 0 radical (unpaired) electrons. The lowest BCUT2D eigenvalue weighted by Gasteiger charge is -2.51. The summed E-state index contributed by atoms with van der Waals surface area (Å²) >= 11 is 0. The Balaban J connectivity index is 2.50. The first-order valence-electron chi connectivity index (χ1n) is 8.30. The molecule has 0 aromatic carbocycles. The van der Waals surface area contributed by atoms with E-state index < -0.39 is 0 Å². The predicted molar refractivity (Wildman–Crippen MR) is 84.8 cm³/mol. The Morgan fingerprint density at radius 2 is 1.76 bits per heavy atom. The molecule has 0 bridgehead atoms. The Hall–Kier alpha value is -0.610. The highest BCUT2D eigenvalue weighted by Gasteiger charge is 2.42. The third-order valence-electron chi connectivity index (χ3n) is 4.27. The molecule has 0 amide bonds. The molecule has 1 atom stereocenters. The van der Waals surface area contributed by atoms with Gasteiger partial charge in [-0.2, -0.15) is 5.06 Å². The lowest BCUT2D eigenvalue weighted by molar-refractivity contribution is -0.285. The van der Waals surface area contributed by atoms with Crippen LogP contribution >= 0.6 is 0 Å². The SMILES string of the molecule is CCCCOC(=O)C(C)CON1C(C)(C)CCCC1(C)C. The minimum atomic E-state index is -0.226. The molecule has 124 valence electrons. The number of hydrogen-bond acceptors (Lipinski definition) is 4. The summed E-state index contributed by atoms with van der Waals surface area (Å²) in [7, 11) is 0. The second-order valence-electron chi connectivity index (χ2n) is 7.49. The van der Waals surface area contributed by atoms with Gasteiger partial charge in [0.2, 0.25) is 0 Å². The fourth-order valence-electron chi connectivity index (χ4n) is 3.04. The van der Waals surface area contributed by atoms with Crippen molar-refractivity contribution in [2.45, 2.75) is 84.7 Å². The van der Waals surface area contributed by atoms with Crippen LogP contribution in [0.2, 0.25) is 0 Å². The minimum Gasteiger partial charge on any atom is -0.465 e. The fourth-order valence-corrected chi connectivity index (χ4v) is 3.04. The Kier molecular flexibility index (Phi) is 6.67. The maximum absolute atomic E-state index is 11.9. The number of esters is 1. The van der Waals surface area contributed by atoms with E-state index >= 15 is 0 Å². The summed E-state index contributed by atoms with van der Waals surface area (Å²) in [6, 6.07) is 0. The van der Waals surface area contributed by atoms with E-state index in [9.17, 15) is 4.79 Å². The van der Waals surface area contributed by atoms with Gasteiger partial charge in [0.15, 0.2) is 0 Å². The van der Waals surface area contributed by atoms with Crippen LogP contribution in [0.4, 0.5) is 0 Å². The van der Waals surface area contributed by atoms with Crippen LogP contribution in [-0.2, 0) is 14.4 Å². The number of hydroxylamine groups is 2. The summed E-state index contributed by atoms with van der Waals surface area (Å²) in [5.74, 6) is -0.383. The van der Waals surface area contributed by atoms with Crippen LogP contribution < -0.4 is 0 Å². The second kappa shape index (κ2) is 7.59. The standard InChI is InChI=1S/C17H33NO3/c1-7-8-12-20-15(19)14(2)13-21-18-16(3,4)10-9-11-17(18,5)6/h14H,7-13H2,1-6H3. The number of piperidine rings is 1. The average molecular weight is 299 g/mol. The van der Waals surface area contributed by atoms with Crippen LogP contribution in [-0.4, -0.2) is 35.3 Å². The van der Waals surface area contributed by atoms with E-state index in [0.29, 0.717) is 13.2 Å². The molecule has 0 spiro atoms. The molecule has 1 heterocycles. The van der Waals surface area contributed by atoms with E-state index in [1.165, 1.54) is 6.42 Å². The van der Waals surface area contributed by atoms with Gasteiger partial charge in [0.25, 0.3) is 0 Å². The summed E-state index contributed by atoms with van der Waals surface area (Å²) in [4.78, 5) is 17.9. The molecule has 1 aliphatic heterocycles. The van der Waals surface area contributed by atoms with Crippen molar-refractivity contribution < 1.29 is 14.4 Å². The van der Waals surface area contributed by atoms with Crippen LogP contribution in [0.5, 0.6) is 0 Å². The zero-order valence-electron chi connectivity index (χ0n) is 14.7. The van der Waals surface area contributed by atoms with Crippen LogP contribution in [0.3, 0.4) is 0 Å². The average Bonchev–Trinajstić information content (AvgIpc) is 2.36. The molecule has 0 aromatic rings. The third-order valence-corrected chi connectivity index (χ3v) is 4.27. The molecule has 1 fully saturated rings. The summed E-state index contributed by atoms with van der Waals surface area (Å²) in [5.41, 5.74) is 0.0151. The van der Waals surface area contributed by atoms with Gasteiger partial charge in [-0.25, -0.2) is 0 Å². The van der Waals surface area contributed by atoms with E-state index in [2.05, 4.69) is 39.7 Å². The minimum absolute atomic E-state index is 0.00753. The van der Waals surface area contributed by atoms with Crippen molar-refractivity contribution in [3.63, 3.8) is 0 Å². The number of rotatable bonds is 7. The largest absolute Gasteiger partial charge is 0.465 e. The smallest absolute Gasteiger partial charge is 0.311 e. The van der Waals surface area contributed by atoms with Gasteiger partial charge in [-0.05, 0) is 60.3 Å². The lowest BCUT2D eigenvalue weighted by atomic mass is 9.82. The number of carbonyl (C=O) groups is 1.